The zero-order chi connectivity index (χ0) is 30.2. The Morgan fingerprint density at radius 3 is 2.24 bits per heavy atom. The number of aliphatic hydroxyl groups excluding tert-OH is 1. The summed E-state index contributed by atoms with van der Waals surface area (Å²) in [5.74, 6) is 0.232. The first-order valence-electron chi connectivity index (χ1n) is 14.5. The molecule has 2 aliphatic heterocycles. The largest absolute Gasteiger partial charge is 0.507 e. The van der Waals surface area contributed by atoms with E-state index in [0.717, 1.165) is 38.0 Å². The highest BCUT2D eigenvalue weighted by molar-refractivity contribution is 6.46. The minimum absolute atomic E-state index is 0.0136. The number of carbonyl (C=O) groups is 2. The summed E-state index contributed by atoms with van der Waals surface area (Å²) < 4.78 is 28.0. The molecule has 1 amide bonds. The molecule has 0 bridgehead atoms. The average Bonchev–Trinajstić information content (AvgIpc) is 3.26. The van der Waals surface area contributed by atoms with Crippen LogP contribution in [0.5, 0.6) is 23.0 Å². The number of amides is 1. The third-order valence-electron chi connectivity index (χ3n) is 7.72. The van der Waals surface area contributed by atoms with Gasteiger partial charge in [0.2, 0.25) is 5.75 Å². The van der Waals surface area contributed by atoms with Gasteiger partial charge in [-0.25, -0.2) is 0 Å². The molecule has 0 spiro atoms. The molecule has 1 unspecified atom stereocenters. The summed E-state index contributed by atoms with van der Waals surface area (Å²) in [6, 6.07) is 7.85. The number of hydrogen-bond acceptors (Lipinski definition) is 9. The molecule has 2 fully saturated rings. The molecule has 2 heterocycles. The van der Waals surface area contributed by atoms with Gasteiger partial charge in [0.15, 0.2) is 11.5 Å². The summed E-state index contributed by atoms with van der Waals surface area (Å²) in [5.41, 5.74) is 1.82. The molecule has 10 heteroatoms. The summed E-state index contributed by atoms with van der Waals surface area (Å²) in [6.45, 7) is 8.67. The Balaban J connectivity index is 1.76. The summed E-state index contributed by atoms with van der Waals surface area (Å²) in [5, 5.41) is 11.6. The van der Waals surface area contributed by atoms with Crippen LogP contribution in [-0.2, 0) is 14.3 Å². The highest BCUT2D eigenvalue weighted by Crippen LogP contribution is 2.46. The average molecular weight is 583 g/mol. The maximum Gasteiger partial charge on any atom is 0.295 e. The van der Waals surface area contributed by atoms with Crippen molar-refractivity contribution in [3.63, 3.8) is 0 Å². The molecule has 10 nitrogen and oxygen atoms in total. The fourth-order valence-corrected chi connectivity index (χ4v) is 5.45. The quantitative estimate of drug-likeness (QED) is 0.160. The van der Waals surface area contributed by atoms with E-state index in [0.29, 0.717) is 66.9 Å². The predicted octanol–water partition coefficient (Wildman–Crippen LogP) is 4.34. The number of ether oxygens (including phenoxy) is 5. The van der Waals surface area contributed by atoms with Crippen molar-refractivity contribution in [1.82, 2.24) is 9.80 Å². The number of aliphatic hydroxyl groups is 1. The van der Waals surface area contributed by atoms with Crippen molar-refractivity contribution in [2.45, 2.75) is 39.2 Å². The number of carbonyl (C=O) groups excluding carboxylic acids is 2. The number of hydrogen-bond donors (Lipinski definition) is 1. The Kier molecular flexibility index (Phi) is 10.7. The molecule has 2 aromatic rings. The molecule has 0 aliphatic carbocycles. The summed E-state index contributed by atoms with van der Waals surface area (Å²) in [6.07, 6.45) is 2.60. The molecule has 2 saturated heterocycles. The number of ketones is 1. The second kappa shape index (κ2) is 14.4. The van der Waals surface area contributed by atoms with E-state index < -0.39 is 17.7 Å². The highest BCUT2D eigenvalue weighted by Gasteiger charge is 2.46. The van der Waals surface area contributed by atoms with Gasteiger partial charge in [0.05, 0.1) is 52.8 Å². The van der Waals surface area contributed by atoms with E-state index in [4.69, 9.17) is 23.7 Å². The molecule has 0 radical (unpaired) electrons. The number of aryl methyl sites for hydroxylation is 1. The van der Waals surface area contributed by atoms with Crippen LogP contribution in [0.1, 0.15) is 48.9 Å². The van der Waals surface area contributed by atoms with Crippen LogP contribution < -0.4 is 18.9 Å². The van der Waals surface area contributed by atoms with E-state index in [-0.39, 0.29) is 11.3 Å². The van der Waals surface area contributed by atoms with Crippen LogP contribution in [0.3, 0.4) is 0 Å². The Bertz CT molecular complexity index is 1280. The van der Waals surface area contributed by atoms with Crippen LogP contribution in [0.15, 0.2) is 35.9 Å². The van der Waals surface area contributed by atoms with E-state index in [2.05, 4.69) is 11.8 Å². The first-order chi connectivity index (χ1) is 20.3. The fraction of sp³-hybridized carbons (Fsp3) is 0.500. The van der Waals surface area contributed by atoms with Gasteiger partial charge in [0.25, 0.3) is 11.7 Å². The van der Waals surface area contributed by atoms with E-state index >= 15 is 0 Å². The van der Waals surface area contributed by atoms with Crippen LogP contribution in [0.2, 0.25) is 0 Å². The molecular weight excluding hydrogens is 540 g/mol. The van der Waals surface area contributed by atoms with E-state index in [1.165, 1.54) is 26.2 Å². The second-order valence-corrected chi connectivity index (χ2v) is 10.4. The van der Waals surface area contributed by atoms with Crippen LogP contribution in [0.25, 0.3) is 5.76 Å². The Labute approximate surface area is 247 Å². The van der Waals surface area contributed by atoms with Crippen molar-refractivity contribution in [3.05, 3.63) is 52.6 Å². The van der Waals surface area contributed by atoms with Crippen LogP contribution >= 0.6 is 0 Å². The summed E-state index contributed by atoms with van der Waals surface area (Å²) in [4.78, 5) is 30.9. The molecule has 2 aromatic carbocycles. The molecular formula is C32H42N2O8. The van der Waals surface area contributed by atoms with Gasteiger partial charge in [0, 0.05) is 31.7 Å². The van der Waals surface area contributed by atoms with Crippen LogP contribution in [0.4, 0.5) is 0 Å². The normalized spacial score (nSPS) is 18.8. The number of unbranched alkanes of at least 4 members (excludes halogenated alkanes) is 1. The molecule has 228 valence electrons. The Morgan fingerprint density at radius 1 is 0.952 bits per heavy atom. The smallest absolute Gasteiger partial charge is 0.295 e. The zero-order valence-electron chi connectivity index (χ0n) is 25.2. The SMILES string of the molecule is CCCCOc1ccc(/C(O)=C2\C(=O)C(=O)N(CCCN3CCOCC3)C2c2cc(OC)c(OC)c(OC)c2)cc1C. The molecule has 42 heavy (non-hydrogen) atoms. The molecule has 4 rings (SSSR count). The van der Waals surface area contributed by atoms with Crippen molar-refractivity contribution in [2.75, 3.05) is 67.3 Å². The standard InChI is InChI=1S/C32H42N2O8/c1-6-7-15-42-24-10-9-22(18-21(24)2)29(35)27-28(23-19-25(38-3)31(40-5)26(20-23)39-4)34(32(37)30(27)36)12-8-11-33-13-16-41-17-14-33/h9-10,18-20,28,35H,6-8,11-17H2,1-5H3/b29-27+. The van der Waals surface area contributed by atoms with Crippen molar-refractivity contribution in [2.24, 2.45) is 0 Å². The lowest BCUT2D eigenvalue weighted by atomic mass is 9.94. The van der Waals surface area contributed by atoms with Gasteiger partial charge in [-0.2, -0.15) is 0 Å². The summed E-state index contributed by atoms with van der Waals surface area (Å²) >= 11 is 0. The second-order valence-electron chi connectivity index (χ2n) is 10.4. The van der Waals surface area contributed by atoms with Crippen molar-refractivity contribution in [3.8, 4) is 23.0 Å². The van der Waals surface area contributed by atoms with Crippen molar-refractivity contribution >= 4 is 17.4 Å². The van der Waals surface area contributed by atoms with Gasteiger partial charge in [-0.1, -0.05) is 13.3 Å². The van der Waals surface area contributed by atoms with E-state index in [9.17, 15) is 14.7 Å². The zero-order valence-corrected chi connectivity index (χ0v) is 25.2. The van der Waals surface area contributed by atoms with E-state index in [1.54, 1.807) is 30.3 Å². The van der Waals surface area contributed by atoms with Crippen molar-refractivity contribution < 1.29 is 38.4 Å². The Hall–Kier alpha value is -3.76. The molecule has 0 saturated carbocycles. The lowest BCUT2D eigenvalue weighted by molar-refractivity contribution is -0.140. The third-order valence-corrected chi connectivity index (χ3v) is 7.72. The summed E-state index contributed by atoms with van der Waals surface area (Å²) in [7, 11) is 4.52. The maximum atomic E-state index is 13.6. The Morgan fingerprint density at radius 2 is 1.64 bits per heavy atom. The first-order valence-corrected chi connectivity index (χ1v) is 14.5. The van der Waals surface area contributed by atoms with Crippen LogP contribution in [0, 0.1) is 6.92 Å². The van der Waals surface area contributed by atoms with Gasteiger partial charge in [-0.05, 0) is 61.2 Å². The van der Waals surface area contributed by atoms with Gasteiger partial charge in [-0.15, -0.1) is 0 Å². The molecule has 1 atom stereocenters. The minimum atomic E-state index is -0.857. The monoisotopic (exact) mass is 582 g/mol. The van der Waals surface area contributed by atoms with E-state index in [1.807, 2.05) is 6.92 Å². The molecule has 0 aromatic heterocycles. The van der Waals surface area contributed by atoms with Gasteiger partial charge in [-0.3, -0.25) is 14.5 Å². The first kappa shape index (κ1) is 31.2. The fourth-order valence-electron chi connectivity index (χ4n) is 5.45. The lowest BCUT2D eigenvalue weighted by Crippen LogP contribution is -2.39. The number of nitrogens with zero attached hydrogens (tertiary/aromatic N) is 2. The number of likely N-dealkylation sites (tertiary alicyclic amines) is 1. The van der Waals surface area contributed by atoms with Crippen molar-refractivity contribution in [1.29, 1.82) is 0 Å². The number of methoxy groups -OCH3 is 3. The van der Waals surface area contributed by atoms with Gasteiger partial charge in [0.1, 0.15) is 11.5 Å². The minimum Gasteiger partial charge on any atom is -0.507 e. The molecule has 2 aliphatic rings. The van der Waals surface area contributed by atoms with Gasteiger partial charge < -0.3 is 33.7 Å². The number of morpholine rings is 1. The number of benzene rings is 2. The van der Waals surface area contributed by atoms with Crippen LogP contribution in [-0.4, -0.2) is 93.9 Å². The molecule has 1 N–H and O–H groups in total. The number of Topliss-reactive ketones (excluding diaryl/α,β-unsaturated/α-hetero) is 1. The topological polar surface area (TPSA) is 107 Å². The highest BCUT2D eigenvalue weighted by atomic mass is 16.5. The maximum absolute atomic E-state index is 13.6. The predicted molar refractivity (Wildman–Crippen MR) is 159 cm³/mol. The number of rotatable bonds is 13. The van der Waals surface area contributed by atoms with Gasteiger partial charge >= 0.3 is 0 Å². The third kappa shape index (κ3) is 6.65. The lowest BCUT2D eigenvalue weighted by Gasteiger charge is -2.29.